The van der Waals surface area contributed by atoms with Crippen LogP contribution in [0.25, 0.3) is 0 Å². The van der Waals surface area contributed by atoms with E-state index in [9.17, 15) is 0 Å². The first-order valence-corrected chi connectivity index (χ1v) is 8.53. The molecule has 19 heavy (non-hydrogen) atoms. The van der Waals surface area contributed by atoms with Gasteiger partial charge in [-0.25, -0.2) is 0 Å². The Kier molecular flexibility index (Phi) is 3.98. The third-order valence-electron chi connectivity index (χ3n) is 4.46. The van der Waals surface area contributed by atoms with E-state index in [0.29, 0.717) is 25.6 Å². The van der Waals surface area contributed by atoms with Gasteiger partial charge < -0.3 is 4.74 Å². The first-order chi connectivity index (χ1) is 9.03. The summed E-state index contributed by atoms with van der Waals surface area (Å²) in [5.74, 6) is 0.645. The fourth-order valence-electron chi connectivity index (χ4n) is 3.28. The zero-order valence-electron chi connectivity index (χ0n) is 10.3. The van der Waals surface area contributed by atoms with Crippen molar-refractivity contribution in [2.45, 2.75) is 43.0 Å². The molecule has 0 amide bonds. The van der Waals surface area contributed by atoms with E-state index in [-0.39, 0.29) is 11.5 Å². The molecule has 2 aliphatic rings. The van der Waals surface area contributed by atoms with Gasteiger partial charge in [-0.3, -0.25) is 0 Å². The maximum atomic E-state index is 6.18. The lowest BCUT2D eigenvalue weighted by molar-refractivity contribution is -0.0303. The summed E-state index contributed by atoms with van der Waals surface area (Å²) in [5.41, 5.74) is 0.287. The van der Waals surface area contributed by atoms with Gasteiger partial charge in [0.15, 0.2) is 0 Å². The van der Waals surface area contributed by atoms with Crippen molar-refractivity contribution in [3.05, 3.63) is 27.2 Å². The maximum Gasteiger partial charge on any atom is 0.139 e. The maximum absolute atomic E-state index is 6.18. The van der Waals surface area contributed by atoms with Crippen LogP contribution in [0.4, 0.5) is 0 Å². The molecule has 0 aromatic heterocycles. The monoisotopic (exact) mass is 382 g/mol. The van der Waals surface area contributed by atoms with Crippen molar-refractivity contribution < 1.29 is 4.74 Å². The lowest BCUT2D eigenvalue weighted by atomic mass is 9.64. The van der Waals surface area contributed by atoms with Crippen molar-refractivity contribution in [3.8, 4) is 5.75 Å². The Morgan fingerprint density at radius 2 is 1.68 bits per heavy atom. The molecule has 2 fully saturated rings. The summed E-state index contributed by atoms with van der Waals surface area (Å²) in [6.07, 6.45) is 6.29. The lowest BCUT2D eigenvalue weighted by Crippen LogP contribution is -2.55. The Morgan fingerprint density at radius 3 is 2.32 bits per heavy atom. The highest BCUT2D eigenvalue weighted by Gasteiger charge is 2.56. The smallest absolute Gasteiger partial charge is 0.139 e. The van der Waals surface area contributed by atoms with Gasteiger partial charge in [-0.05, 0) is 25.3 Å². The van der Waals surface area contributed by atoms with Gasteiger partial charge >= 0.3 is 0 Å². The molecule has 1 spiro atoms. The molecule has 0 bridgehead atoms. The molecule has 1 aromatic carbocycles. The van der Waals surface area contributed by atoms with Gasteiger partial charge in [-0.2, -0.15) is 0 Å². The van der Waals surface area contributed by atoms with Crippen LogP contribution in [-0.4, -0.2) is 10.9 Å². The van der Waals surface area contributed by atoms with Crippen molar-refractivity contribution in [3.63, 3.8) is 0 Å². The van der Waals surface area contributed by atoms with Crippen LogP contribution in [0.1, 0.15) is 32.1 Å². The van der Waals surface area contributed by atoms with Gasteiger partial charge in [0.25, 0.3) is 0 Å². The van der Waals surface area contributed by atoms with Gasteiger partial charge in [0.2, 0.25) is 0 Å². The highest BCUT2D eigenvalue weighted by Crippen LogP contribution is 2.58. The van der Waals surface area contributed by atoms with Gasteiger partial charge in [0.1, 0.15) is 11.9 Å². The van der Waals surface area contributed by atoms with Crippen molar-refractivity contribution in [1.82, 2.24) is 0 Å². The van der Waals surface area contributed by atoms with Crippen LogP contribution in [0.2, 0.25) is 15.1 Å². The highest BCUT2D eigenvalue weighted by atomic mass is 79.9. The summed E-state index contributed by atoms with van der Waals surface area (Å²) in [7, 11) is 0. The molecule has 2 saturated carbocycles. The van der Waals surface area contributed by atoms with Crippen LogP contribution in [0.15, 0.2) is 12.1 Å². The van der Waals surface area contributed by atoms with Crippen LogP contribution >= 0.6 is 50.7 Å². The van der Waals surface area contributed by atoms with E-state index in [1.165, 1.54) is 25.7 Å². The molecule has 0 N–H and O–H groups in total. The summed E-state index contributed by atoms with van der Waals surface area (Å²) in [4.78, 5) is 0.564. The van der Waals surface area contributed by atoms with E-state index in [2.05, 4.69) is 15.9 Å². The number of hydrogen-bond acceptors (Lipinski definition) is 1. The summed E-state index contributed by atoms with van der Waals surface area (Å²) in [6.45, 7) is 0. The molecule has 0 saturated heterocycles. The number of hydrogen-bond donors (Lipinski definition) is 0. The Hall–Kier alpha value is 0.370. The van der Waals surface area contributed by atoms with E-state index in [0.717, 1.165) is 6.42 Å². The zero-order chi connectivity index (χ0) is 13.6. The molecular weight excluding hydrogens is 370 g/mol. The minimum absolute atomic E-state index is 0.231. The third-order valence-corrected chi connectivity index (χ3v) is 6.77. The van der Waals surface area contributed by atoms with Crippen LogP contribution in [0.5, 0.6) is 5.75 Å². The molecule has 1 aromatic rings. The van der Waals surface area contributed by atoms with E-state index in [1.807, 2.05) is 0 Å². The van der Waals surface area contributed by atoms with Crippen LogP contribution in [0, 0.1) is 5.41 Å². The average Bonchev–Trinajstić information content (AvgIpc) is 2.87. The average molecular weight is 385 g/mol. The van der Waals surface area contributed by atoms with Gasteiger partial charge in [0, 0.05) is 16.3 Å². The minimum Gasteiger partial charge on any atom is -0.488 e. The fraction of sp³-hybridized carbons (Fsp3) is 0.571. The first kappa shape index (κ1) is 14.3. The standard InChI is InChI=1S/C14H14BrCl3O/c15-12-7-13(14(12)3-1-2-4-14)19-11-6-9(17)8(16)5-10(11)18/h5-6,12-13H,1-4,7H2. The van der Waals surface area contributed by atoms with E-state index < -0.39 is 0 Å². The van der Waals surface area contributed by atoms with Crippen LogP contribution < -0.4 is 4.74 Å². The topological polar surface area (TPSA) is 9.23 Å². The Labute approximate surface area is 136 Å². The predicted octanol–water partition coefficient (Wildman–Crippen LogP) is 6.12. The summed E-state index contributed by atoms with van der Waals surface area (Å²) in [5, 5.41) is 1.47. The van der Waals surface area contributed by atoms with E-state index in [1.54, 1.807) is 12.1 Å². The molecule has 2 unspecified atom stereocenters. The van der Waals surface area contributed by atoms with Crippen molar-refractivity contribution >= 4 is 50.7 Å². The second-order valence-corrected chi connectivity index (χ2v) is 7.77. The van der Waals surface area contributed by atoms with Crippen LogP contribution in [0.3, 0.4) is 0 Å². The summed E-state index contributed by atoms with van der Waals surface area (Å²) >= 11 is 21.9. The van der Waals surface area contributed by atoms with Gasteiger partial charge in [-0.15, -0.1) is 0 Å². The number of ether oxygens (including phenoxy) is 1. The zero-order valence-corrected chi connectivity index (χ0v) is 14.1. The largest absolute Gasteiger partial charge is 0.488 e. The molecule has 0 radical (unpaired) electrons. The summed E-state index contributed by atoms with van der Waals surface area (Å²) in [6, 6.07) is 3.36. The van der Waals surface area contributed by atoms with Crippen molar-refractivity contribution in [2.75, 3.05) is 0 Å². The molecule has 2 aliphatic carbocycles. The summed E-state index contributed by atoms with van der Waals surface area (Å²) < 4.78 is 6.12. The Balaban J connectivity index is 1.81. The molecule has 2 atom stereocenters. The second-order valence-electron chi connectivity index (χ2n) is 5.45. The number of halogens is 4. The number of alkyl halides is 1. The predicted molar refractivity (Wildman–Crippen MR) is 84.1 cm³/mol. The molecule has 5 heteroatoms. The minimum atomic E-state index is 0.231. The van der Waals surface area contributed by atoms with Crippen molar-refractivity contribution in [1.29, 1.82) is 0 Å². The number of benzene rings is 1. The second kappa shape index (κ2) is 5.29. The third kappa shape index (κ3) is 2.39. The Bertz CT molecular complexity index is 500. The van der Waals surface area contributed by atoms with Crippen LogP contribution in [-0.2, 0) is 0 Å². The molecular formula is C14H14BrCl3O. The van der Waals surface area contributed by atoms with Gasteiger partial charge in [0.05, 0.1) is 15.1 Å². The van der Waals surface area contributed by atoms with E-state index in [4.69, 9.17) is 39.5 Å². The van der Waals surface area contributed by atoms with E-state index >= 15 is 0 Å². The SMILES string of the molecule is Clc1cc(Cl)c(OC2CC(Br)C23CCCC3)cc1Cl. The molecule has 104 valence electrons. The molecule has 1 nitrogen and oxygen atoms in total. The Morgan fingerprint density at radius 1 is 1.05 bits per heavy atom. The molecule has 0 heterocycles. The molecule has 3 rings (SSSR count). The first-order valence-electron chi connectivity index (χ1n) is 6.48. The van der Waals surface area contributed by atoms with Gasteiger partial charge in [-0.1, -0.05) is 63.6 Å². The molecule has 0 aliphatic heterocycles. The van der Waals surface area contributed by atoms with Crippen molar-refractivity contribution in [2.24, 2.45) is 5.41 Å². The normalized spacial score (nSPS) is 28.4. The highest BCUT2D eigenvalue weighted by molar-refractivity contribution is 9.09. The lowest BCUT2D eigenvalue weighted by Gasteiger charge is -2.51. The fourth-order valence-corrected chi connectivity index (χ4v) is 4.95. The quantitative estimate of drug-likeness (QED) is 0.441. The number of rotatable bonds is 2.